The summed E-state index contributed by atoms with van der Waals surface area (Å²) < 4.78 is 25.8. The summed E-state index contributed by atoms with van der Waals surface area (Å²) in [5.41, 5.74) is 4.96. The van der Waals surface area contributed by atoms with Crippen molar-refractivity contribution >= 4 is 69.8 Å². The molecule has 8 amide bonds. The van der Waals surface area contributed by atoms with Gasteiger partial charge >= 0.3 is 5.97 Å². The van der Waals surface area contributed by atoms with Gasteiger partial charge in [0, 0.05) is 66.2 Å². The van der Waals surface area contributed by atoms with Crippen molar-refractivity contribution in [3.8, 4) is 0 Å². The van der Waals surface area contributed by atoms with E-state index in [2.05, 4.69) is 31.9 Å². The third-order valence-electron chi connectivity index (χ3n) is 13.2. The second-order valence-corrected chi connectivity index (χ2v) is 18.0. The molecule has 23 heteroatoms. The molecule has 1 unspecified atom stereocenters. The predicted molar refractivity (Wildman–Crippen MR) is 254 cm³/mol. The van der Waals surface area contributed by atoms with E-state index in [1.54, 1.807) is 48.2 Å². The lowest BCUT2D eigenvalue weighted by Crippen LogP contribution is -2.52. The summed E-state index contributed by atoms with van der Waals surface area (Å²) in [6.45, 7) is -0.451. The molecule has 0 saturated heterocycles. The summed E-state index contributed by atoms with van der Waals surface area (Å²) >= 11 is 0. The van der Waals surface area contributed by atoms with E-state index in [-0.39, 0.29) is 49.9 Å². The van der Waals surface area contributed by atoms with Crippen LogP contribution in [0.4, 0.5) is 4.39 Å². The first kappa shape index (κ1) is 51.5. The molecule has 0 bridgehead atoms. The maximum Gasteiger partial charge on any atom is 0.339 e. The Bertz CT molecular complexity index is 2850. The van der Waals surface area contributed by atoms with Gasteiger partial charge in [0.1, 0.15) is 31.8 Å². The van der Waals surface area contributed by atoms with Gasteiger partial charge in [-0.1, -0.05) is 36.8 Å². The maximum absolute atomic E-state index is 15.3. The zero-order chi connectivity index (χ0) is 51.9. The molecule has 384 valence electrons. The Labute approximate surface area is 416 Å². The molecule has 3 aromatic rings. The van der Waals surface area contributed by atoms with Crippen LogP contribution in [-0.4, -0.2) is 143 Å². The lowest BCUT2D eigenvalue weighted by Gasteiger charge is -2.36. The summed E-state index contributed by atoms with van der Waals surface area (Å²) in [5, 5.41) is 38.1. The molecule has 4 atom stereocenters. The van der Waals surface area contributed by atoms with Crippen LogP contribution < -0.4 is 31.9 Å². The third-order valence-corrected chi connectivity index (χ3v) is 13.2. The molecule has 0 radical (unpaired) electrons. The number of carbonyl (C=O) groups excluding carboxylic acids is 9. The Balaban J connectivity index is 0.788. The Kier molecular flexibility index (Phi) is 16.0. The van der Waals surface area contributed by atoms with E-state index in [9.17, 15) is 53.4 Å². The van der Waals surface area contributed by atoms with Gasteiger partial charge in [-0.3, -0.25) is 43.3 Å². The molecule has 8 N–H and O–H groups in total. The number of hydrogen-bond acceptors (Lipinski definition) is 15. The molecule has 0 fully saturated rings. The van der Waals surface area contributed by atoms with Gasteiger partial charge in [0.05, 0.1) is 42.6 Å². The number of pyridine rings is 1. The van der Waals surface area contributed by atoms with Crippen LogP contribution in [0.2, 0.25) is 0 Å². The number of esters is 1. The van der Waals surface area contributed by atoms with Crippen molar-refractivity contribution in [2.75, 3.05) is 46.1 Å². The predicted octanol–water partition coefficient (Wildman–Crippen LogP) is -0.860. The van der Waals surface area contributed by atoms with Gasteiger partial charge < -0.3 is 56.5 Å². The van der Waals surface area contributed by atoms with E-state index in [4.69, 9.17) is 14.5 Å². The molecule has 5 heterocycles. The second kappa shape index (κ2) is 22.7. The molecular formula is C50H54FN9O13. The number of cyclic esters (lactones) is 1. The average molecular weight is 1010 g/mol. The van der Waals surface area contributed by atoms with Crippen molar-refractivity contribution in [2.24, 2.45) is 0 Å². The van der Waals surface area contributed by atoms with Gasteiger partial charge in [-0.2, -0.15) is 0 Å². The van der Waals surface area contributed by atoms with Gasteiger partial charge in [-0.05, 0) is 60.9 Å². The number of nitrogens with one attached hydrogen (secondary N) is 6. The SMILES string of the molecule is Cc1c(F)cc2nc3c(c4c2c1CC[C@@H]4NC(=O)COCNC(=O)CNC(=O)[C@H](Cc1ccccc1)NC(=O)CNC(=O)CNC(=O)CCCCCN1C(=O)C=CC1=O)CN1C3=CC2=C(COC(=O)[C@H]2O)C1O. The molecule has 5 aliphatic rings. The molecule has 4 aliphatic heterocycles. The fourth-order valence-electron chi connectivity index (χ4n) is 9.45. The van der Waals surface area contributed by atoms with Crippen molar-refractivity contribution in [3.63, 3.8) is 0 Å². The first-order valence-corrected chi connectivity index (χ1v) is 23.8. The number of amides is 8. The van der Waals surface area contributed by atoms with Crippen molar-refractivity contribution in [2.45, 2.75) is 82.8 Å². The zero-order valence-electron chi connectivity index (χ0n) is 39.7. The van der Waals surface area contributed by atoms with Crippen LogP contribution in [0.3, 0.4) is 0 Å². The summed E-state index contributed by atoms with van der Waals surface area (Å²) in [6.07, 6.45) is 3.65. The number of benzene rings is 2. The molecule has 0 spiro atoms. The molecular weight excluding hydrogens is 954 g/mol. The molecule has 2 aromatic carbocycles. The van der Waals surface area contributed by atoms with Crippen molar-refractivity contribution in [1.29, 1.82) is 0 Å². The van der Waals surface area contributed by atoms with Crippen LogP contribution in [0.15, 0.2) is 65.8 Å². The van der Waals surface area contributed by atoms with Crippen LogP contribution in [0, 0.1) is 12.7 Å². The van der Waals surface area contributed by atoms with Crippen LogP contribution in [-0.2, 0) is 72.0 Å². The highest BCUT2D eigenvalue weighted by Crippen LogP contribution is 2.48. The summed E-state index contributed by atoms with van der Waals surface area (Å²) in [6, 6.07) is 8.33. The van der Waals surface area contributed by atoms with Gasteiger partial charge in [0.2, 0.25) is 35.4 Å². The van der Waals surface area contributed by atoms with E-state index >= 15 is 4.39 Å². The Hall–Kier alpha value is -7.89. The number of aromatic nitrogens is 1. The minimum Gasteiger partial charge on any atom is -0.459 e. The number of fused-ring (bicyclic) bond motifs is 4. The van der Waals surface area contributed by atoms with E-state index in [1.165, 1.54) is 18.2 Å². The molecule has 1 aliphatic carbocycles. The van der Waals surface area contributed by atoms with Crippen molar-refractivity contribution in [1.82, 2.24) is 46.7 Å². The Morgan fingerprint density at radius 3 is 2.36 bits per heavy atom. The fraction of sp³-hybridized carbons (Fsp3) is 0.400. The van der Waals surface area contributed by atoms with Crippen molar-refractivity contribution in [3.05, 3.63) is 105 Å². The van der Waals surface area contributed by atoms with Crippen molar-refractivity contribution < 1.29 is 67.2 Å². The number of nitrogens with zero attached hydrogens (tertiary/aromatic N) is 3. The number of aliphatic hydroxyl groups is 2. The van der Waals surface area contributed by atoms with E-state index in [0.29, 0.717) is 82.2 Å². The molecule has 22 nitrogen and oxygen atoms in total. The quantitative estimate of drug-likeness (QED) is 0.0279. The molecule has 8 rings (SSSR count). The normalized spacial score (nSPS) is 18.8. The monoisotopic (exact) mass is 1010 g/mol. The van der Waals surface area contributed by atoms with E-state index < -0.39 is 105 Å². The first-order chi connectivity index (χ1) is 35.1. The Morgan fingerprint density at radius 1 is 0.877 bits per heavy atom. The maximum atomic E-state index is 15.3. The Morgan fingerprint density at radius 2 is 1.59 bits per heavy atom. The van der Waals surface area contributed by atoms with Gasteiger partial charge in [0.15, 0.2) is 12.3 Å². The third kappa shape index (κ3) is 11.7. The number of halogens is 1. The zero-order valence-corrected chi connectivity index (χ0v) is 39.7. The van der Waals surface area contributed by atoms with Gasteiger partial charge in [-0.15, -0.1) is 0 Å². The smallest absolute Gasteiger partial charge is 0.339 e. The summed E-state index contributed by atoms with van der Waals surface area (Å²) in [5.74, 6) is -5.71. The minimum atomic E-state index is -1.61. The molecule has 1 aromatic heterocycles. The van der Waals surface area contributed by atoms with E-state index in [0.717, 1.165) is 10.5 Å². The first-order valence-electron chi connectivity index (χ1n) is 23.8. The number of unbranched alkanes of at least 4 members (excludes halogenated alkanes) is 2. The van der Waals surface area contributed by atoms with Gasteiger partial charge in [-0.25, -0.2) is 14.2 Å². The lowest BCUT2D eigenvalue weighted by atomic mass is 9.82. The summed E-state index contributed by atoms with van der Waals surface area (Å²) in [7, 11) is 0. The standard InChI is InChI=1S/C50H54FN9O13/c1-26-28-11-12-33(45-30-22-60-36(46(30)58-34(44(28)45)18-32(26)51)17-29-31(49(60)70)23-73-50(71)47(29)68)56-41(65)24-72-25-55-39(63)20-54-48(69)35(16-27-8-4-2-5-9-27)57-40(64)21-53-38(62)19-52-37(61)10-6-3-7-15-59-42(66)13-14-43(59)67/h2,4-5,8-9,13-14,17-18,33,35,47,49,68,70H,3,6-7,10-12,15-16,19-25H2,1H3,(H,52,61)(H,53,62)(H,54,69)(H,55,63)(H,56,65)(H,57,64)/t33-,35-,47-,49?/m0/s1. The largest absolute Gasteiger partial charge is 0.459 e. The lowest BCUT2D eigenvalue weighted by molar-refractivity contribution is -0.153. The van der Waals surface area contributed by atoms with Crippen LogP contribution in [0.5, 0.6) is 0 Å². The van der Waals surface area contributed by atoms with Crippen LogP contribution >= 0.6 is 0 Å². The van der Waals surface area contributed by atoms with Gasteiger partial charge in [0.25, 0.3) is 11.8 Å². The number of hydrogen-bond donors (Lipinski definition) is 8. The number of ether oxygens (including phenoxy) is 2. The van der Waals surface area contributed by atoms with E-state index in [1.807, 2.05) is 0 Å². The molecule has 0 saturated carbocycles. The minimum absolute atomic E-state index is 0.0412. The highest BCUT2D eigenvalue weighted by molar-refractivity contribution is 6.12. The van der Waals surface area contributed by atoms with Crippen LogP contribution in [0.1, 0.15) is 71.7 Å². The summed E-state index contributed by atoms with van der Waals surface area (Å²) in [4.78, 5) is 120. The highest BCUT2D eigenvalue weighted by Gasteiger charge is 2.44. The highest BCUT2D eigenvalue weighted by atomic mass is 19.1. The number of aliphatic hydroxyl groups excluding tert-OH is 2. The van der Waals surface area contributed by atoms with Crippen LogP contribution in [0.25, 0.3) is 16.6 Å². The number of rotatable bonds is 21. The number of carbonyl (C=O) groups is 9. The average Bonchev–Trinajstić information content (AvgIpc) is 3.91. The second-order valence-electron chi connectivity index (χ2n) is 18.0. The topological polar surface area (TPSA) is 304 Å². The fourth-order valence-corrected chi connectivity index (χ4v) is 9.45. The molecule has 73 heavy (non-hydrogen) atoms. The number of imide groups is 1. The number of aryl methyl sites for hydroxylation is 1.